The third-order valence-corrected chi connectivity index (χ3v) is 5.88. The molecule has 160 valence electrons. The van der Waals surface area contributed by atoms with Crippen LogP contribution >= 0.6 is 11.3 Å². The van der Waals surface area contributed by atoms with Gasteiger partial charge in [0.05, 0.1) is 12.2 Å². The summed E-state index contributed by atoms with van der Waals surface area (Å²) in [5.41, 5.74) is -2.67. The van der Waals surface area contributed by atoms with E-state index in [0.29, 0.717) is 31.2 Å². The molecule has 2 rings (SSSR count). The molecule has 1 heterocycles. The lowest BCUT2D eigenvalue weighted by molar-refractivity contribution is -0.207. The summed E-state index contributed by atoms with van der Waals surface area (Å²) in [4.78, 5) is 25.5. The number of halogens is 3. The summed E-state index contributed by atoms with van der Waals surface area (Å²) in [6, 6.07) is 1.95. The Kier molecular flexibility index (Phi) is 7.52. The number of fused-ring (bicyclic) bond motifs is 1. The van der Waals surface area contributed by atoms with Gasteiger partial charge in [-0.3, -0.25) is 4.79 Å². The van der Waals surface area contributed by atoms with Gasteiger partial charge in [0, 0.05) is 11.3 Å². The molecule has 6 nitrogen and oxygen atoms in total. The van der Waals surface area contributed by atoms with Crippen LogP contribution in [-0.4, -0.2) is 30.3 Å². The van der Waals surface area contributed by atoms with Crippen LogP contribution in [0.2, 0.25) is 0 Å². The molecule has 0 aromatic carbocycles. The van der Waals surface area contributed by atoms with Crippen molar-refractivity contribution in [2.24, 2.45) is 0 Å². The highest BCUT2D eigenvalue weighted by Crippen LogP contribution is 2.41. The topological polar surface area (TPSA) is 91.2 Å². The molecule has 10 heteroatoms. The summed E-state index contributed by atoms with van der Waals surface area (Å²) < 4.78 is 47.2. The van der Waals surface area contributed by atoms with Gasteiger partial charge in [0.2, 0.25) is 5.91 Å². The second kappa shape index (κ2) is 9.48. The number of nitrogens with zero attached hydrogens (tertiary/aromatic N) is 1. The van der Waals surface area contributed by atoms with Crippen LogP contribution in [0.4, 0.5) is 18.2 Å². The highest BCUT2D eigenvalue weighted by Gasteiger charge is 2.64. The first-order valence-electron chi connectivity index (χ1n) is 9.57. The van der Waals surface area contributed by atoms with Gasteiger partial charge in [0.15, 0.2) is 0 Å². The van der Waals surface area contributed by atoms with Crippen LogP contribution in [0.25, 0.3) is 0 Å². The fourth-order valence-corrected chi connectivity index (χ4v) is 4.48. The number of anilines is 1. The smallest absolute Gasteiger partial charge is 0.441 e. The lowest BCUT2D eigenvalue weighted by Crippen LogP contribution is -2.69. The molecule has 1 aliphatic rings. The number of hydrogen-bond donors (Lipinski definition) is 2. The van der Waals surface area contributed by atoms with Crippen LogP contribution < -0.4 is 10.6 Å². The molecule has 0 saturated heterocycles. The zero-order valence-electron chi connectivity index (χ0n) is 16.4. The average molecular weight is 431 g/mol. The fourth-order valence-electron chi connectivity index (χ4n) is 3.18. The molecule has 0 aliphatic heterocycles. The van der Waals surface area contributed by atoms with Gasteiger partial charge >= 0.3 is 17.8 Å². The molecule has 1 unspecified atom stereocenters. The van der Waals surface area contributed by atoms with E-state index >= 15 is 0 Å². The number of hydrogen-bond acceptors (Lipinski definition) is 6. The van der Waals surface area contributed by atoms with Gasteiger partial charge in [0.25, 0.3) is 0 Å². The summed E-state index contributed by atoms with van der Waals surface area (Å²) in [7, 11) is 0. The first-order valence-corrected chi connectivity index (χ1v) is 10.4. The minimum atomic E-state index is -5.20. The number of aryl methyl sites for hydroxylation is 1. The van der Waals surface area contributed by atoms with E-state index in [1.54, 1.807) is 6.92 Å². The van der Waals surface area contributed by atoms with E-state index in [2.05, 4.69) is 10.1 Å². The lowest BCUT2D eigenvalue weighted by atomic mass is 9.96. The lowest BCUT2D eigenvalue weighted by Gasteiger charge is -2.35. The van der Waals surface area contributed by atoms with Crippen molar-refractivity contribution in [2.75, 3.05) is 11.9 Å². The quantitative estimate of drug-likeness (QED) is 0.479. The number of amides is 1. The Bertz CT molecular complexity index is 801. The number of ether oxygens (including phenoxy) is 1. The first-order chi connectivity index (χ1) is 13.7. The maximum Gasteiger partial charge on any atom is 0.441 e. The Morgan fingerprint density at radius 3 is 2.52 bits per heavy atom. The third kappa shape index (κ3) is 4.83. The van der Waals surface area contributed by atoms with Crippen molar-refractivity contribution in [3.8, 4) is 6.07 Å². The number of carbonyl (C=O) groups is 2. The van der Waals surface area contributed by atoms with E-state index < -0.39 is 23.7 Å². The molecule has 1 atom stereocenters. The minimum Gasteiger partial charge on any atom is -0.463 e. The zero-order valence-corrected chi connectivity index (χ0v) is 17.2. The van der Waals surface area contributed by atoms with E-state index in [9.17, 15) is 28.0 Å². The normalized spacial score (nSPS) is 15.6. The van der Waals surface area contributed by atoms with Crippen molar-refractivity contribution in [3.05, 3.63) is 16.0 Å². The number of rotatable bonds is 8. The van der Waals surface area contributed by atoms with E-state index in [0.717, 1.165) is 29.1 Å². The summed E-state index contributed by atoms with van der Waals surface area (Å²) in [6.45, 7) is 2.88. The standard InChI is InChI=1S/C19H24F3N3O3S/c1-3-5-10-15(26)24-18(19(20,21)22,17(27)28-4-2)25-16-13(11-23)12-8-6-7-9-14(12)29-16/h25H,3-10H2,1-2H3,(H,24,26). The summed E-state index contributed by atoms with van der Waals surface area (Å²) in [5, 5.41) is 13.4. The van der Waals surface area contributed by atoms with Crippen LogP contribution in [0.15, 0.2) is 0 Å². The molecule has 0 fully saturated rings. The Balaban J connectivity index is 2.52. The molecule has 1 aromatic rings. The van der Waals surface area contributed by atoms with Crippen molar-refractivity contribution < 1.29 is 27.5 Å². The molecule has 0 radical (unpaired) electrons. The monoisotopic (exact) mass is 431 g/mol. The van der Waals surface area contributed by atoms with Crippen LogP contribution in [0.3, 0.4) is 0 Å². The average Bonchev–Trinajstić information content (AvgIpc) is 3.01. The number of nitriles is 1. The second-order valence-corrected chi connectivity index (χ2v) is 7.88. The molecule has 1 aliphatic carbocycles. The third-order valence-electron chi connectivity index (χ3n) is 4.68. The summed E-state index contributed by atoms with van der Waals surface area (Å²) in [6.07, 6.45) is -1.40. The van der Waals surface area contributed by atoms with Gasteiger partial charge < -0.3 is 15.4 Å². The van der Waals surface area contributed by atoms with Gasteiger partial charge in [-0.15, -0.1) is 11.3 Å². The Morgan fingerprint density at radius 2 is 1.93 bits per heavy atom. The van der Waals surface area contributed by atoms with Gasteiger partial charge in [-0.25, -0.2) is 4.79 Å². The van der Waals surface area contributed by atoms with Crippen LogP contribution in [0, 0.1) is 11.3 Å². The van der Waals surface area contributed by atoms with Crippen molar-refractivity contribution in [1.29, 1.82) is 5.26 Å². The highest BCUT2D eigenvalue weighted by atomic mass is 32.1. The first kappa shape index (κ1) is 23.0. The molecule has 0 bridgehead atoms. The number of esters is 1. The summed E-state index contributed by atoms with van der Waals surface area (Å²) >= 11 is 1.02. The Labute approximate surface area is 171 Å². The van der Waals surface area contributed by atoms with Crippen LogP contribution in [-0.2, 0) is 27.2 Å². The van der Waals surface area contributed by atoms with Crippen molar-refractivity contribution in [1.82, 2.24) is 5.32 Å². The molecule has 2 N–H and O–H groups in total. The van der Waals surface area contributed by atoms with Gasteiger partial charge in [-0.05, 0) is 44.6 Å². The molecule has 29 heavy (non-hydrogen) atoms. The maximum absolute atomic E-state index is 14.2. The van der Waals surface area contributed by atoms with Crippen molar-refractivity contribution in [3.63, 3.8) is 0 Å². The van der Waals surface area contributed by atoms with Gasteiger partial charge in [-0.1, -0.05) is 13.3 Å². The maximum atomic E-state index is 14.2. The predicted molar refractivity (Wildman–Crippen MR) is 102 cm³/mol. The highest BCUT2D eigenvalue weighted by molar-refractivity contribution is 7.16. The van der Waals surface area contributed by atoms with Crippen molar-refractivity contribution in [2.45, 2.75) is 70.6 Å². The number of nitrogens with one attached hydrogen (secondary N) is 2. The minimum absolute atomic E-state index is 0.0828. The van der Waals surface area contributed by atoms with Crippen LogP contribution in [0.1, 0.15) is 62.0 Å². The summed E-state index contributed by atoms with van der Waals surface area (Å²) in [5.74, 6) is -2.59. The molecule has 0 saturated carbocycles. The van der Waals surface area contributed by atoms with E-state index in [1.807, 2.05) is 11.4 Å². The molecule has 0 spiro atoms. The second-order valence-electron chi connectivity index (χ2n) is 6.77. The Morgan fingerprint density at radius 1 is 1.24 bits per heavy atom. The molecule has 1 amide bonds. The SMILES string of the molecule is CCCCC(=O)NC(Nc1sc2c(c1C#N)CCCC2)(C(=O)OCC)C(F)(F)F. The van der Waals surface area contributed by atoms with Crippen LogP contribution in [0.5, 0.6) is 0 Å². The fraction of sp³-hybridized carbons (Fsp3) is 0.632. The Hall–Kier alpha value is -2.28. The number of unbranched alkanes of at least 4 members (excludes halogenated alkanes) is 1. The van der Waals surface area contributed by atoms with E-state index in [-0.39, 0.29) is 23.6 Å². The van der Waals surface area contributed by atoms with Gasteiger partial charge in [0.1, 0.15) is 11.1 Å². The number of alkyl halides is 3. The largest absolute Gasteiger partial charge is 0.463 e. The molecular formula is C19H24F3N3O3S. The zero-order chi connectivity index (χ0) is 21.7. The number of thiophene rings is 1. The van der Waals surface area contributed by atoms with E-state index in [4.69, 9.17) is 0 Å². The predicted octanol–water partition coefficient (Wildman–Crippen LogP) is 4.04. The van der Waals surface area contributed by atoms with Crippen molar-refractivity contribution >= 4 is 28.2 Å². The van der Waals surface area contributed by atoms with Gasteiger partial charge in [-0.2, -0.15) is 18.4 Å². The van der Waals surface area contributed by atoms with E-state index in [1.165, 1.54) is 6.92 Å². The number of carbonyl (C=O) groups excluding carboxylic acids is 2. The molecular weight excluding hydrogens is 407 g/mol. The molecule has 1 aromatic heterocycles.